The maximum atomic E-state index is 8.79. The summed E-state index contributed by atoms with van der Waals surface area (Å²) in [6, 6.07) is 7.80. The SMILES string of the molecule is COc1ccc(-c2cnn(CCO)c2)cc1. The van der Waals surface area contributed by atoms with Crippen molar-refractivity contribution in [3.8, 4) is 16.9 Å². The lowest BCUT2D eigenvalue weighted by atomic mass is 10.1. The highest BCUT2D eigenvalue weighted by atomic mass is 16.5. The molecule has 2 rings (SSSR count). The molecule has 1 heterocycles. The van der Waals surface area contributed by atoms with E-state index in [0.717, 1.165) is 16.9 Å². The molecule has 84 valence electrons. The van der Waals surface area contributed by atoms with Crippen molar-refractivity contribution in [3.05, 3.63) is 36.7 Å². The summed E-state index contributed by atoms with van der Waals surface area (Å²) < 4.78 is 6.82. The number of rotatable bonds is 4. The topological polar surface area (TPSA) is 47.3 Å². The molecule has 4 heteroatoms. The second kappa shape index (κ2) is 4.81. The summed E-state index contributed by atoms with van der Waals surface area (Å²) in [7, 11) is 1.65. The molecule has 0 atom stereocenters. The van der Waals surface area contributed by atoms with E-state index in [1.54, 1.807) is 18.0 Å². The standard InChI is InChI=1S/C12H14N2O2/c1-16-12-4-2-10(3-5-12)11-8-13-14(9-11)6-7-15/h2-5,8-9,15H,6-7H2,1H3. The van der Waals surface area contributed by atoms with Gasteiger partial charge >= 0.3 is 0 Å². The van der Waals surface area contributed by atoms with Crippen LogP contribution in [0.3, 0.4) is 0 Å². The molecule has 1 N–H and O–H groups in total. The molecular formula is C12H14N2O2. The molecule has 1 aromatic heterocycles. The zero-order valence-corrected chi connectivity index (χ0v) is 9.13. The Morgan fingerprint density at radius 2 is 2.00 bits per heavy atom. The minimum absolute atomic E-state index is 0.101. The number of methoxy groups -OCH3 is 1. The number of benzene rings is 1. The number of aliphatic hydroxyl groups is 1. The highest BCUT2D eigenvalue weighted by Crippen LogP contribution is 2.21. The molecular weight excluding hydrogens is 204 g/mol. The maximum Gasteiger partial charge on any atom is 0.118 e. The molecule has 0 saturated carbocycles. The van der Waals surface area contributed by atoms with E-state index in [2.05, 4.69) is 5.10 Å². The Labute approximate surface area is 94.1 Å². The highest BCUT2D eigenvalue weighted by molar-refractivity contribution is 5.62. The quantitative estimate of drug-likeness (QED) is 0.847. The third kappa shape index (κ3) is 2.23. The van der Waals surface area contributed by atoms with Crippen LogP contribution >= 0.6 is 0 Å². The van der Waals surface area contributed by atoms with Gasteiger partial charge in [-0.05, 0) is 17.7 Å². The van der Waals surface area contributed by atoms with E-state index < -0.39 is 0 Å². The number of hydrogen-bond donors (Lipinski definition) is 1. The smallest absolute Gasteiger partial charge is 0.118 e. The fraction of sp³-hybridized carbons (Fsp3) is 0.250. The molecule has 0 saturated heterocycles. The highest BCUT2D eigenvalue weighted by Gasteiger charge is 2.01. The first-order valence-electron chi connectivity index (χ1n) is 5.11. The Balaban J connectivity index is 2.21. The summed E-state index contributed by atoms with van der Waals surface area (Å²) in [6.45, 7) is 0.625. The van der Waals surface area contributed by atoms with Crippen molar-refractivity contribution in [1.29, 1.82) is 0 Å². The average Bonchev–Trinajstić information content (AvgIpc) is 2.78. The van der Waals surface area contributed by atoms with Crippen LogP contribution in [-0.4, -0.2) is 28.6 Å². The molecule has 2 aromatic rings. The molecule has 4 nitrogen and oxygen atoms in total. The van der Waals surface area contributed by atoms with Crippen molar-refractivity contribution in [2.45, 2.75) is 6.54 Å². The molecule has 0 spiro atoms. The van der Waals surface area contributed by atoms with Gasteiger partial charge in [-0.2, -0.15) is 5.10 Å². The van der Waals surface area contributed by atoms with Crippen LogP contribution in [0, 0.1) is 0 Å². The third-order valence-electron chi connectivity index (χ3n) is 2.39. The Morgan fingerprint density at radius 1 is 1.25 bits per heavy atom. The first kappa shape index (κ1) is 10.7. The van der Waals surface area contributed by atoms with Gasteiger partial charge < -0.3 is 9.84 Å². The zero-order valence-electron chi connectivity index (χ0n) is 9.13. The largest absolute Gasteiger partial charge is 0.497 e. The van der Waals surface area contributed by atoms with Gasteiger partial charge in [-0.25, -0.2) is 0 Å². The van der Waals surface area contributed by atoms with Crippen molar-refractivity contribution >= 4 is 0 Å². The van der Waals surface area contributed by atoms with Crippen LogP contribution in [0.4, 0.5) is 0 Å². The van der Waals surface area contributed by atoms with E-state index in [-0.39, 0.29) is 6.61 Å². The first-order valence-corrected chi connectivity index (χ1v) is 5.11. The minimum atomic E-state index is 0.101. The van der Waals surface area contributed by atoms with Gasteiger partial charge in [0, 0.05) is 11.8 Å². The molecule has 16 heavy (non-hydrogen) atoms. The normalized spacial score (nSPS) is 10.4. The molecule has 0 bridgehead atoms. The summed E-state index contributed by atoms with van der Waals surface area (Å²) >= 11 is 0. The van der Waals surface area contributed by atoms with Crippen LogP contribution in [0.2, 0.25) is 0 Å². The lowest BCUT2D eigenvalue weighted by Crippen LogP contribution is -2.01. The van der Waals surface area contributed by atoms with Gasteiger partial charge in [-0.3, -0.25) is 4.68 Å². The van der Waals surface area contributed by atoms with Crippen LogP contribution in [0.15, 0.2) is 36.7 Å². The minimum Gasteiger partial charge on any atom is -0.497 e. The fourth-order valence-electron chi connectivity index (χ4n) is 1.52. The van der Waals surface area contributed by atoms with Crippen molar-refractivity contribution in [1.82, 2.24) is 9.78 Å². The predicted molar refractivity (Wildman–Crippen MR) is 61.3 cm³/mol. The van der Waals surface area contributed by atoms with Gasteiger partial charge in [-0.15, -0.1) is 0 Å². The molecule has 0 aliphatic rings. The Hall–Kier alpha value is -1.81. The summed E-state index contributed by atoms with van der Waals surface area (Å²) in [5.74, 6) is 0.839. The van der Waals surface area contributed by atoms with Gasteiger partial charge in [0.15, 0.2) is 0 Å². The monoisotopic (exact) mass is 218 g/mol. The molecule has 0 radical (unpaired) electrons. The summed E-state index contributed by atoms with van der Waals surface area (Å²) in [5, 5.41) is 12.9. The van der Waals surface area contributed by atoms with Gasteiger partial charge in [0.25, 0.3) is 0 Å². The lowest BCUT2D eigenvalue weighted by Gasteiger charge is -2.00. The summed E-state index contributed by atoms with van der Waals surface area (Å²) in [5.41, 5.74) is 2.13. The Bertz CT molecular complexity index is 448. The maximum absolute atomic E-state index is 8.79. The number of aliphatic hydroxyl groups excluding tert-OH is 1. The zero-order chi connectivity index (χ0) is 11.4. The van der Waals surface area contributed by atoms with Crippen molar-refractivity contribution in [2.75, 3.05) is 13.7 Å². The summed E-state index contributed by atoms with van der Waals surface area (Å²) in [6.07, 6.45) is 3.70. The van der Waals surface area contributed by atoms with Gasteiger partial charge in [0.2, 0.25) is 0 Å². The van der Waals surface area contributed by atoms with Crippen LogP contribution < -0.4 is 4.74 Å². The van der Waals surface area contributed by atoms with Crippen LogP contribution in [0.5, 0.6) is 5.75 Å². The van der Waals surface area contributed by atoms with E-state index in [4.69, 9.17) is 9.84 Å². The van der Waals surface area contributed by atoms with Gasteiger partial charge in [0.1, 0.15) is 5.75 Å². The molecule has 0 aliphatic carbocycles. The predicted octanol–water partition coefficient (Wildman–Crippen LogP) is 1.55. The lowest BCUT2D eigenvalue weighted by molar-refractivity contribution is 0.269. The van der Waals surface area contributed by atoms with Crippen molar-refractivity contribution < 1.29 is 9.84 Å². The van der Waals surface area contributed by atoms with E-state index >= 15 is 0 Å². The van der Waals surface area contributed by atoms with Crippen LogP contribution in [-0.2, 0) is 6.54 Å². The second-order valence-corrected chi connectivity index (χ2v) is 3.44. The van der Waals surface area contributed by atoms with E-state index in [9.17, 15) is 0 Å². The van der Waals surface area contributed by atoms with Crippen molar-refractivity contribution in [3.63, 3.8) is 0 Å². The van der Waals surface area contributed by atoms with E-state index in [1.807, 2.05) is 30.5 Å². The molecule has 0 amide bonds. The number of nitrogens with zero attached hydrogens (tertiary/aromatic N) is 2. The molecule has 0 fully saturated rings. The number of aromatic nitrogens is 2. The number of ether oxygens (including phenoxy) is 1. The average molecular weight is 218 g/mol. The Morgan fingerprint density at radius 3 is 2.62 bits per heavy atom. The third-order valence-corrected chi connectivity index (χ3v) is 2.39. The van der Waals surface area contributed by atoms with Crippen LogP contribution in [0.25, 0.3) is 11.1 Å². The fourth-order valence-corrected chi connectivity index (χ4v) is 1.52. The molecule has 1 aromatic carbocycles. The first-order chi connectivity index (χ1) is 7.83. The Kier molecular flexibility index (Phi) is 3.22. The van der Waals surface area contributed by atoms with Gasteiger partial charge in [-0.1, -0.05) is 12.1 Å². The summed E-state index contributed by atoms with van der Waals surface area (Å²) in [4.78, 5) is 0. The van der Waals surface area contributed by atoms with Crippen molar-refractivity contribution in [2.24, 2.45) is 0 Å². The second-order valence-electron chi connectivity index (χ2n) is 3.44. The van der Waals surface area contributed by atoms with Crippen LogP contribution in [0.1, 0.15) is 0 Å². The molecule has 0 unspecified atom stereocenters. The van der Waals surface area contributed by atoms with Gasteiger partial charge in [0.05, 0.1) is 26.5 Å². The van der Waals surface area contributed by atoms with E-state index in [0.29, 0.717) is 6.54 Å². The van der Waals surface area contributed by atoms with E-state index in [1.165, 1.54) is 0 Å². The number of hydrogen-bond acceptors (Lipinski definition) is 3. The molecule has 0 aliphatic heterocycles.